The Kier molecular flexibility index (Phi) is 8.34. The number of carboxylic acid groups (broad SMARTS) is 1. The highest BCUT2D eigenvalue weighted by molar-refractivity contribution is 7.19. The lowest BCUT2D eigenvalue weighted by molar-refractivity contribution is -0.146. The molecule has 2 aromatic rings. The number of rotatable bonds is 11. The van der Waals surface area contributed by atoms with Crippen molar-refractivity contribution in [1.29, 1.82) is 0 Å². The van der Waals surface area contributed by atoms with E-state index in [0.717, 1.165) is 10.6 Å². The average molecular weight is 529 g/mol. The van der Waals surface area contributed by atoms with Crippen LogP contribution in [0.15, 0.2) is 49.0 Å². The maximum absolute atomic E-state index is 14.1. The SMILES string of the molecule is C=C/C(=C(\C)OC)[C@H](CN1C(=O)N(C(C)(C)C(=O)O)C(=C)c2c1sc(-n1cccn1)c2C)OCC(C)C. The van der Waals surface area contributed by atoms with Gasteiger partial charge in [0.05, 0.1) is 25.1 Å². The second-order valence-corrected chi connectivity index (χ2v) is 10.8. The third-order valence-corrected chi connectivity index (χ3v) is 7.69. The van der Waals surface area contributed by atoms with E-state index in [4.69, 9.17) is 9.47 Å². The number of hydrogen-bond acceptors (Lipinski definition) is 6. The zero-order valence-electron chi connectivity index (χ0n) is 22.6. The minimum Gasteiger partial charge on any atom is -0.501 e. The van der Waals surface area contributed by atoms with Crippen LogP contribution in [-0.2, 0) is 14.3 Å². The molecule has 2 amide bonds. The number of methoxy groups -OCH3 is 1. The van der Waals surface area contributed by atoms with Gasteiger partial charge >= 0.3 is 12.0 Å². The van der Waals surface area contributed by atoms with Crippen LogP contribution in [0.4, 0.5) is 9.80 Å². The average Bonchev–Trinajstić information content (AvgIpc) is 3.47. The number of urea groups is 1. The van der Waals surface area contributed by atoms with Crippen LogP contribution in [0.3, 0.4) is 0 Å². The van der Waals surface area contributed by atoms with Crippen molar-refractivity contribution >= 4 is 34.0 Å². The van der Waals surface area contributed by atoms with Crippen molar-refractivity contribution in [2.75, 3.05) is 25.2 Å². The van der Waals surface area contributed by atoms with Crippen molar-refractivity contribution in [3.8, 4) is 5.00 Å². The molecule has 37 heavy (non-hydrogen) atoms. The zero-order chi connectivity index (χ0) is 27.7. The van der Waals surface area contributed by atoms with Crippen molar-refractivity contribution in [3.05, 3.63) is 60.2 Å². The Labute approximate surface area is 222 Å². The lowest BCUT2D eigenvalue weighted by Gasteiger charge is -2.44. The number of carboxylic acids is 1. The molecule has 0 saturated heterocycles. The van der Waals surface area contributed by atoms with E-state index in [1.165, 1.54) is 30.1 Å². The standard InChI is InChI=1S/C27H36N4O5S/c1-10-20(19(6)35-9)21(36-15-16(2)3)14-29-24-22(17(4)23(37-24)30-13-11-12-28-30)18(5)31(26(29)34)27(7,8)25(32)33/h10-13,16,21H,1,5,14-15H2,2-4,6-9H3,(H,32,33)/b20-19-/t21-/m0/s1. The topological polar surface area (TPSA) is 97.1 Å². The molecule has 3 heterocycles. The molecule has 0 fully saturated rings. The number of ether oxygens (including phenoxy) is 2. The van der Waals surface area contributed by atoms with Crippen LogP contribution < -0.4 is 4.90 Å². The molecule has 0 radical (unpaired) electrons. The first-order valence-corrected chi connectivity index (χ1v) is 12.8. The van der Waals surface area contributed by atoms with E-state index in [9.17, 15) is 14.7 Å². The fourth-order valence-corrected chi connectivity index (χ4v) is 5.50. The van der Waals surface area contributed by atoms with Crippen LogP contribution in [0.5, 0.6) is 0 Å². The predicted molar refractivity (Wildman–Crippen MR) is 146 cm³/mol. The molecular formula is C27H36N4O5S. The Morgan fingerprint density at radius 1 is 1.32 bits per heavy atom. The number of thiophene rings is 1. The van der Waals surface area contributed by atoms with Gasteiger partial charge in [0.2, 0.25) is 0 Å². The molecule has 1 N–H and O–H groups in total. The number of aliphatic carboxylic acids is 1. The Morgan fingerprint density at radius 3 is 2.51 bits per heavy atom. The smallest absolute Gasteiger partial charge is 0.330 e. The maximum atomic E-state index is 14.1. The number of fused-ring (bicyclic) bond motifs is 1. The lowest BCUT2D eigenvalue weighted by atomic mass is 9.97. The molecule has 0 aliphatic carbocycles. The van der Waals surface area contributed by atoms with Crippen LogP contribution in [0.2, 0.25) is 0 Å². The Morgan fingerprint density at radius 2 is 2.00 bits per heavy atom. The lowest BCUT2D eigenvalue weighted by Crippen LogP contribution is -2.59. The Hall–Kier alpha value is -3.37. The third-order valence-electron chi connectivity index (χ3n) is 6.38. The quantitative estimate of drug-likeness (QED) is 0.307. The molecule has 200 valence electrons. The van der Waals surface area contributed by atoms with Crippen molar-refractivity contribution < 1.29 is 24.2 Å². The summed E-state index contributed by atoms with van der Waals surface area (Å²) < 4.78 is 13.5. The van der Waals surface area contributed by atoms with Gasteiger partial charge in [0.15, 0.2) is 0 Å². The summed E-state index contributed by atoms with van der Waals surface area (Å²) in [5, 5.41) is 15.9. The summed E-state index contributed by atoms with van der Waals surface area (Å²) in [4.78, 5) is 29.2. The van der Waals surface area contributed by atoms with Crippen LogP contribution in [-0.4, -0.2) is 63.7 Å². The molecule has 0 bridgehead atoms. The van der Waals surface area contributed by atoms with E-state index in [2.05, 4.69) is 18.3 Å². The molecular weight excluding hydrogens is 492 g/mol. The Bertz CT molecular complexity index is 1230. The van der Waals surface area contributed by atoms with Gasteiger partial charge in [-0.05, 0) is 45.2 Å². The largest absolute Gasteiger partial charge is 0.501 e. The van der Waals surface area contributed by atoms with Gasteiger partial charge in [-0.25, -0.2) is 14.3 Å². The van der Waals surface area contributed by atoms with Gasteiger partial charge in [-0.1, -0.05) is 44.4 Å². The molecule has 0 saturated carbocycles. The van der Waals surface area contributed by atoms with Gasteiger partial charge in [-0.15, -0.1) is 0 Å². The fourth-order valence-electron chi connectivity index (χ4n) is 4.23. The van der Waals surface area contributed by atoms with E-state index < -0.39 is 23.6 Å². The van der Waals surface area contributed by atoms with E-state index in [-0.39, 0.29) is 12.5 Å². The van der Waals surface area contributed by atoms with Crippen molar-refractivity contribution in [2.45, 2.75) is 53.2 Å². The van der Waals surface area contributed by atoms with Gasteiger partial charge in [-0.3, -0.25) is 9.80 Å². The van der Waals surface area contributed by atoms with Crippen molar-refractivity contribution in [2.24, 2.45) is 5.92 Å². The van der Waals surface area contributed by atoms with Gasteiger partial charge in [0.25, 0.3) is 0 Å². The molecule has 1 atom stereocenters. The molecule has 1 aliphatic rings. The summed E-state index contributed by atoms with van der Waals surface area (Å²) in [6.45, 7) is 19.5. The molecule has 2 aromatic heterocycles. The summed E-state index contributed by atoms with van der Waals surface area (Å²) in [6.07, 6.45) is 4.62. The molecule has 10 heteroatoms. The van der Waals surface area contributed by atoms with E-state index in [1.807, 2.05) is 40.0 Å². The van der Waals surface area contributed by atoms with E-state index >= 15 is 0 Å². The molecule has 0 aromatic carbocycles. The third kappa shape index (κ3) is 5.21. The van der Waals surface area contributed by atoms with E-state index in [0.29, 0.717) is 34.2 Å². The first kappa shape index (κ1) is 28.2. The predicted octanol–water partition coefficient (Wildman–Crippen LogP) is 5.47. The van der Waals surface area contributed by atoms with Crippen LogP contribution in [0.1, 0.15) is 45.7 Å². The molecule has 3 rings (SSSR count). The molecule has 9 nitrogen and oxygen atoms in total. The summed E-state index contributed by atoms with van der Waals surface area (Å²) in [6, 6.07) is 1.33. The minimum atomic E-state index is -1.54. The van der Waals surface area contributed by atoms with Crippen molar-refractivity contribution in [3.63, 3.8) is 0 Å². The molecule has 1 aliphatic heterocycles. The zero-order valence-corrected chi connectivity index (χ0v) is 23.4. The first-order valence-electron chi connectivity index (χ1n) is 12.0. The second-order valence-electron chi connectivity index (χ2n) is 9.84. The summed E-state index contributed by atoms with van der Waals surface area (Å²) in [5.74, 6) is -0.262. The van der Waals surface area contributed by atoms with Gasteiger partial charge < -0.3 is 14.6 Å². The van der Waals surface area contributed by atoms with E-state index in [1.54, 1.807) is 29.0 Å². The van der Waals surface area contributed by atoms with Crippen molar-refractivity contribution in [1.82, 2.24) is 14.7 Å². The van der Waals surface area contributed by atoms with Crippen LogP contribution in [0, 0.1) is 12.8 Å². The highest BCUT2D eigenvalue weighted by atomic mass is 32.1. The number of anilines is 1. The number of allylic oxidation sites excluding steroid dienone is 1. The summed E-state index contributed by atoms with van der Waals surface area (Å²) in [7, 11) is 1.57. The van der Waals surface area contributed by atoms with Gasteiger partial charge in [0, 0.05) is 30.1 Å². The summed E-state index contributed by atoms with van der Waals surface area (Å²) >= 11 is 1.40. The molecule has 0 spiro atoms. The van der Waals surface area contributed by atoms with Crippen LogP contribution in [0.25, 0.3) is 10.7 Å². The number of carbonyl (C=O) groups excluding carboxylic acids is 1. The number of nitrogens with zero attached hydrogens (tertiary/aromatic N) is 4. The first-order chi connectivity index (χ1) is 17.4. The monoisotopic (exact) mass is 528 g/mol. The van der Waals surface area contributed by atoms with Gasteiger partial charge in [0.1, 0.15) is 21.6 Å². The fraction of sp³-hybridized carbons (Fsp3) is 0.444. The van der Waals surface area contributed by atoms with Gasteiger partial charge in [-0.2, -0.15) is 5.10 Å². The number of carbonyl (C=O) groups is 2. The minimum absolute atomic E-state index is 0.124. The summed E-state index contributed by atoms with van der Waals surface area (Å²) in [5.41, 5.74) is 1.07. The number of amides is 2. The maximum Gasteiger partial charge on any atom is 0.330 e. The molecule has 0 unspecified atom stereocenters. The van der Waals surface area contributed by atoms with Crippen LogP contribution >= 0.6 is 11.3 Å². The highest BCUT2D eigenvalue weighted by Crippen LogP contribution is 2.48. The number of aromatic nitrogens is 2. The Balaban J connectivity index is 2.22. The number of hydrogen-bond donors (Lipinski definition) is 1. The normalized spacial score (nSPS) is 15.6. The second kappa shape index (κ2) is 10.9. The highest BCUT2D eigenvalue weighted by Gasteiger charge is 2.48.